The summed E-state index contributed by atoms with van der Waals surface area (Å²) in [6, 6.07) is 0. The highest BCUT2D eigenvalue weighted by atomic mass is 31.2. The molecule has 0 atom stereocenters. The van der Waals surface area contributed by atoms with Crippen molar-refractivity contribution in [2.24, 2.45) is 0 Å². The second-order valence-electron chi connectivity index (χ2n) is 3.68. The predicted octanol–water partition coefficient (Wildman–Crippen LogP) is 3.50. The minimum atomic E-state index is -1.72. The van der Waals surface area contributed by atoms with Crippen LogP contribution in [0, 0.1) is 0 Å². The zero-order valence-corrected chi connectivity index (χ0v) is 8.85. The Balaban J connectivity index is 2.10. The molecular weight excluding hydrogens is 167 g/mol. The van der Waals surface area contributed by atoms with Gasteiger partial charge >= 0.3 is 0 Å². The van der Waals surface area contributed by atoms with Crippen LogP contribution in [0.2, 0.25) is 0 Å². The van der Waals surface area contributed by atoms with Crippen molar-refractivity contribution in [1.82, 2.24) is 0 Å². The summed E-state index contributed by atoms with van der Waals surface area (Å²) >= 11 is 0. The van der Waals surface area contributed by atoms with Crippen molar-refractivity contribution < 1.29 is 4.57 Å². The largest absolute Gasteiger partial charge is 0.323 e. The summed E-state index contributed by atoms with van der Waals surface area (Å²) in [6.07, 6.45) is 11.9. The van der Waals surface area contributed by atoms with Gasteiger partial charge in [-0.1, -0.05) is 38.3 Å². The zero-order valence-electron chi connectivity index (χ0n) is 7.96. The normalized spacial score (nSPS) is 20.1. The molecule has 0 saturated carbocycles. The molecule has 1 aliphatic rings. The lowest BCUT2D eigenvalue weighted by atomic mass is 10.2. The van der Waals surface area contributed by atoms with Crippen LogP contribution in [0.5, 0.6) is 0 Å². The Morgan fingerprint density at radius 2 is 1.83 bits per heavy atom. The van der Waals surface area contributed by atoms with Crippen LogP contribution < -0.4 is 0 Å². The van der Waals surface area contributed by atoms with E-state index in [0.717, 1.165) is 18.5 Å². The quantitative estimate of drug-likeness (QED) is 0.365. The molecule has 0 aliphatic carbocycles. The van der Waals surface area contributed by atoms with Crippen molar-refractivity contribution >= 4 is 7.14 Å². The van der Waals surface area contributed by atoms with E-state index in [1.165, 1.54) is 25.7 Å². The van der Waals surface area contributed by atoms with Crippen molar-refractivity contribution in [3.05, 3.63) is 12.2 Å². The Morgan fingerprint density at radius 3 is 2.42 bits per heavy atom. The van der Waals surface area contributed by atoms with E-state index in [1.54, 1.807) is 0 Å². The topological polar surface area (TPSA) is 17.1 Å². The summed E-state index contributed by atoms with van der Waals surface area (Å²) < 4.78 is 11.9. The molecule has 70 valence electrons. The summed E-state index contributed by atoms with van der Waals surface area (Å²) in [5, 5.41) is 0. The van der Waals surface area contributed by atoms with Gasteiger partial charge in [-0.05, 0) is 6.42 Å². The van der Waals surface area contributed by atoms with E-state index < -0.39 is 7.14 Å². The number of hydrogen-bond acceptors (Lipinski definition) is 1. The molecule has 0 aromatic carbocycles. The first-order chi connectivity index (χ1) is 5.77. The van der Waals surface area contributed by atoms with Crippen LogP contribution in [0.1, 0.15) is 32.6 Å². The van der Waals surface area contributed by atoms with E-state index in [0.29, 0.717) is 0 Å². The summed E-state index contributed by atoms with van der Waals surface area (Å²) in [5.41, 5.74) is 0. The molecule has 0 bridgehead atoms. The van der Waals surface area contributed by atoms with E-state index in [2.05, 4.69) is 19.1 Å². The van der Waals surface area contributed by atoms with Crippen LogP contribution >= 0.6 is 7.14 Å². The molecule has 0 spiro atoms. The molecule has 1 nitrogen and oxygen atoms in total. The average Bonchev–Trinajstić information content (AvgIpc) is 2.47. The first-order valence-corrected chi connectivity index (χ1v) is 7.25. The molecule has 0 aromatic heterocycles. The van der Waals surface area contributed by atoms with Gasteiger partial charge in [0.2, 0.25) is 0 Å². The smallest absolute Gasteiger partial charge is 0.0949 e. The van der Waals surface area contributed by atoms with Crippen molar-refractivity contribution in [2.45, 2.75) is 32.6 Å². The molecule has 0 fully saturated rings. The number of unbranched alkanes of at least 4 members (excludes halogenated alkanes) is 3. The van der Waals surface area contributed by atoms with E-state index in [9.17, 15) is 4.57 Å². The van der Waals surface area contributed by atoms with Crippen molar-refractivity contribution in [1.29, 1.82) is 0 Å². The summed E-state index contributed by atoms with van der Waals surface area (Å²) in [4.78, 5) is 0. The van der Waals surface area contributed by atoms with Gasteiger partial charge in [0.1, 0.15) is 0 Å². The van der Waals surface area contributed by atoms with Gasteiger partial charge in [-0.2, -0.15) is 0 Å². The fourth-order valence-electron chi connectivity index (χ4n) is 1.62. The number of allylic oxidation sites excluding steroid dienone is 2. The fraction of sp³-hybridized carbons (Fsp3) is 0.800. The van der Waals surface area contributed by atoms with Gasteiger partial charge in [-0.15, -0.1) is 0 Å². The Kier molecular flexibility index (Phi) is 4.08. The van der Waals surface area contributed by atoms with Gasteiger partial charge < -0.3 is 4.57 Å². The molecule has 12 heavy (non-hydrogen) atoms. The monoisotopic (exact) mass is 186 g/mol. The first-order valence-electron chi connectivity index (χ1n) is 4.99. The molecular formula is C10H19OP. The third-order valence-corrected chi connectivity index (χ3v) is 5.35. The van der Waals surface area contributed by atoms with Crippen LogP contribution in [0.15, 0.2) is 12.2 Å². The number of hydrogen-bond donors (Lipinski definition) is 0. The Morgan fingerprint density at radius 1 is 1.17 bits per heavy atom. The Hall–Kier alpha value is -0.0300. The molecule has 0 aromatic rings. The number of rotatable bonds is 5. The molecule has 1 rings (SSSR count). The summed E-state index contributed by atoms with van der Waals surface area (Å²) in [5.74, 6) is 0. The fourth-order valence-corrected chi connectivity index (χ4v) is 4.00. The average molecular weight is 186 g/mol. The summed E-state index contributed by atoms with van der Waals surface area (Å²) in [6.45, 7) is 2.21. The van der Waals surface area contributed by atoms with Crippen LogP contribution in [0.25, 0.3) is 0 Å². The lowest BCUT2D eigenvalue weighted by molar-refractivity contribution is 0.575. The minimum Gasteiger partial charge on any atom is -0.323 e. The second kappa shape index (κ2) is 4.87. The second-order valence-corrected chi connectivity index (χ2v) is 6.97. The highest BCUT2D eigenvalue weighted by molar-refractivity contribution is 7.64. The Bertz CT molecular complexity index is 184. The van der Waals surface area contributed by atoms with E-state index >= 15 is 0 Å². The van der Waals surface area contributed by atoms with Gasteiger partial charge in [-0.3, -0.25) is 0 Å². The van der Waals surface area contributed by atoms with Crippen LogP contribution in [-0.2, 0) is 4.57 Å². The third-order valence-electron chi connectivity index (χ3n) is 2.46. The first kappa shape index (κ1) is 10.1. The molecule has 2 heteroatoms. The molecule has 0 unspecified atom stereocenters. The van der Waals surface area contributed by atoms with Crippen molar-refractivity contribution in [3.63, 3.8) is 0 Å². The zero-order chi connectivity index (χ0) is 8.86. The molecule has 0 N–H and O–H groups in total. The van der Waals surface area contributed by atoms with Crippen molar-refractivity contribution in [2.75, 3.05) is 18.5 Å². The maximum absolute atomic E-state index is 11.9. The van der Waals surface area contributed by atoms with E-state index in [-0.39, 0.29) is 0 Å². The van der Waals surface area contributed by atoms with Gasteiger partial charge in [-0.25, -0.2) is 0 Å². The predicted molar refractivity (Wildman–Crippen MR) is 55.5 cm³/mol. The van der Waals surface area contributed by atoms with Gasteiger partial charge in [0.15, 0.2) is 0 Å². The maximum Gasteiger partial charge on any atom is 0.0949 e. The molecule has 0 amide bonds. The molecule has 0 radical (unpaired) electrons. The van der Waals surface area contributed by atoms with Gasteiger partial charge in [0.25, 0.3) is 0 Å². The minimum absolute atomic E-state index is 0.874. The van der Waals surface area contributed by atoms with E-state index in [4.69, 9.17) is 0 Å². The lowest BCUT2D eigenvalue weighted by Crippen LogP contribution is -1.92. The van der Waals surface area contributed by atoms with Crippen LogP contribution in [-0.4, -0.2) is 18.5 Å². The molecule has 1 aliphatic heterocycles. The standard InChI is InChI=1S/C10H19OP/c1-2-3-4-5-8-12(11)9-6-7-10-12/h6-7H,2-5,8-10H2,1H3. The Labute approximate surface area is 75.6 Å². The highest BCUT2D eigenvalue weighted by Crippen LogP contribution is 2.49. The molecule has 1 heterocycles. The third kappa shape index (κ3) is 3.15. The lowest BCUT2D eigenvalue weighted by Gasteiger charge is -2.09. The highest BCUT2D eigenvalue weighted by Gasteiger charge is 2.21. The van der Waals surface area contributed by atoms with Crippen LogP contribution in [0.3, 0.4) is 0 Å². The maximum atomic E-state index is 11.9. The van der Waals surface area contributed by atoms with Crippen LogP contribution in [0.4, 0.5) is 0 Å². The SMILES string of the molecule is CCCCCCP1(=O)CC=CC1. The van der Waals surface area contributed by atoms with E-state index in [1.807, 2.05) is 0 Å². The molecule has 0 saturated heterocycles. The van der Waals surface area contributed by atoms with Gasteiger partial charge in [0, 0.05) is 18.5 Å². The van der Waals surface area contributed by atoms with Crippen molar-refractivity contribution in [3.8, 4) is 0 Å². The van der Waals surface area contributed by atoms with Gasteiger partial charge in [0.05, 0.1) is 7.14 Å². The summed E-state index contributed by atoms with van der Waals surface area (Å²) in [7, 11) is -1.72.